The first-order valence-electron chi connectivity index (χ1n) is 18.3. The lowest BCUT2D eigenvalue weighted by Crippen LogP contribution is -2.69. The maximum absolute atomic E-state index is 13.8. The number of aliphatic hydroxyl groups is 6. The van der Waals surface area contributed by atoms with Gasteiger partial charge in [-0.1, -0.05) is 24.6 Å². The second-order valence-electron chi connectivity index (χ2n) is 13.5. The highest BCUT2D eigenvalue weighted by Gasteiger charge is 2.57. The van der Waals surface area contributed by atoms with Crippen LogP contribution in [0.1, 0.15) is 38.5 Å². The van der Waals surface area contributed by atoms with Crippen molar-refractivity contribution in [2.75, 3.05) is 53.2 Å². The van der Waals surface area contributed by atoms with Crippen molar-refractivity contribution >= 4 is 17.9 Å². The van der Waals surface area contributed by atoms with Gasteiger partial charge in [-0.25, -0.2) is 9.59 Å². The fourth-order valence-electron chi connectivity index (χ4n) is 6.73. The van der Waals surface area contributed by atoms with Crippen LogP contribution in [0.15, 0.2) is 64.7 Å². The first kappa shape index (κ1) is 43.8. The van der Waals surface area contributed by atoms with Crippen LogP contribution in [0.3, 0.4) is 0 Å². The summed E-state index contributed by atoms with van der Waals surface area (Å²) in [4.78, 5) is 32.1. The molecular weight excluding hydrogens is 726 g/mol. The molecule has 0 bridgehead atoms. The van der Waals surface area contributed by atoms with E-state index in [1.54, 1.807) is 23.3 Å². The van der Waals surface area contributed by atoms with Crippen LogP contribution >= 0.6 is 0 Å². The minimum Gasteiger partial charge on any atom is -0.478 e. The molecule has 0 unspecified atom stereocenters. The molecule has 0 aromatic heterocycles. The van der Waals surface area contributed by atoms with E-state index in [9.17, 15) is 40.2 Å². The number of nitrogens with zero attached hydrogens (tertiary/aromatic N) is 2. The molecule has 308 valence electrons. The minimum absolute atomic E-state index is 0.0760. The highest BCUT2D eigenvalue weighted by Crippen LogP contribution is 2.39. The fraction of sp³-hybridized carbons (Fsp3) is 0.639. The van der Waals surface area contributed by atoms with E-state index in [0.29, 0.717) is 24.8 Å². The van der Waals surface area contributed by atoms with Gasteiger partial charge in [0.05, 0.1) is 55.5 Å². The van der Waals surface area contributed by atoms with Crippen molar-refractivity contribution in [2.24, 2.45) is 22.6 Å². The van der Waals surface area contributed by atoms with Gasteiger partial charge in [-0.15, -0.1) is 6.58 Å². The SMILES string of the molecule is C=C[C@H]1[C@H](O[C@@H]2O[C@H](CO)[C@@H](O)C(O)(O)[C@H]2OCNC)OC=C(C(=O)OC2CCCCC2)[C@H]1C=CC1=CN(CCO)CC(C(=O)O)=C1NC(N)=NCCCO. The van der Waals surface area contributed by atoms with Crippen LogP contribution in [0.5, 0.6) is 0 Å². The van der Waals surface area contributed by atoms with E-state index in [1.165, 1.54) is 13.1 Å². The molecule has 1 saturated heterocycles. The first-order valence-corrected chi connectivity index (χ1v) is 18.3. The van der Waals surface area contributed by atoms with Gasteiger partial charge in [-0.3, -0.25) is 10.3 Å². The number of β-amino-alcohol motifs (C(OH)–C–C–N with tert-alkyl or cyclic N) is 1. The zero-order valence-electron chi connectivity index (χ0n) is 30.9. The number of carbonyl (C=O) groups is 2. The Kier molecular flexibility index (Phi) is 16.6. The van der Waals surface area contributed by atoms with Gasteiger partial charge in [0.15, 0.2) is 18.4 Å². The molecule has 19 heteroatoms. The number of allylic oxidation sites excluding steroid dienone is 2. The van der Waals surface area contributed by atoms with E-state index in [4.69, 9.17) is 34.5 Å². The number of carboxylic acid groups (broad SMARTS) is 1. The van der Waals surface area contributed by atoms with Crippen molar-refractivity contribution in [3.63, 3.8) is 0 Å². The third-order valence-electron chi connectivity index (χ3n) is 9.62. The van der Waals surface area contributed by atoms with Crippen LogP contribution in [0.2, 0.25) is 0 Å². The number of ether oxygens (including phenoxy) is 5. The second kappa shape index (κ2) is 20.9. The standard InChI is InChI=1S/C36H55N5O14/c1-3-23-24(11-10-21-16-41(13-15-43)17-25(31(46)47)28(21)40-35(37)39-12-7-14-42)26(32(48)53-22-8-5-4-6-9-22)19-51-33(23)55-34-30(52-20-38-2)36(49,50)29(45)27(18-44)54-34/h3,10-11,16,19,22-24,27,29-30,33-34,38,42-45,49-50H,1,4-9,12-15,17-18,20H2,2H3,(H,46,47)(H3,37,39,40)/t23-,24+,27-,29-,30+,33+,34+/m1/s1. The van der Waals surface area contributed by atoms with E-state index in [1.807, 2.05) is 0 Å². The largest absolute Gasteiger partial charge is 0.478 e. The average Bonchev–Trinajstić information content (AvgIpc) is 3.16. The Morgan fingerprint density at radius 1 is 1.16 bits per heavy atom. The molecule has 1 saturated carbocycles. The summed E-state index contributed by atoms with van der Waals surface area (Å²) in [5.74, 6) is -6.80. The predicted octanol–water partition coefficient (Wildman–Crippen LogP) is -1.77. The number of aliphatic hydroxyl groups excluding tert-OH is 4. The monoisotopic (exact) mass is 781 g/mol. The number of aliphatic imine (C=N–C) groups is 1. The maximum Gasteiger partial charge on any atom is 0.338 e. The summed E-state index contributed by atoms with van der Waals surface area (Å²) in [5, 5.41) is 76.8. The zero-order valence-corrected chi connectivity index (χ0v) is 30.9. The van der Waals surface area contributed by atoms with Crippen molar-refractivity contribution in [1.29, 1.82) is 0 Å². The lowest BCUT2D eigenvalue weighted by Gasteiger charge is -2.47. The molecule has 19 nitrogen and oxygen atoms in total. The molecule has 0 spiro atoms. The van der Waals surface area contributed by atoms with Crippen molar-refractivity contribution < 1.29 is 69.0 Å². The first-order chi connectivity index (χ1) is 26.4. The predicted molar refractivity (Wildman–Crippen MR) is 194 cm³/mol. The number of carbonyl (C=O) groups excluding carboxylic acids is 1. The van der Waals surface area contributed by atoms with E-state index >= 15 is 0 Å². The topological polar surface area (TPSA) is 288 Å². The number of carboxylic acids is 1. The van der Waals surface area contributed by atoms with Crippen LogP contribution in [0.4, 0.5) is 0 Å². The molecule has 4 rings (SSSR count). The van der Waals surface area contributed by atoms with Crippen molar-refractivity contribution in [3.8, 4) is 0 Å². The summed E-state index contributed by atoms with van der Waals surface area (Å²) in [5.41, 5.74) is 6.50. The number of esters is 1. The summed E-state index contributed by atoms with van der Waals surface area (Å²) in [7, 11) is 1.54. The van der Waals surface area contributed by atoms with E-state index in [2.05, 4.69) is 22.2 Å². The minimum atomic E-state index is -2.94. The second-order valence-corrected chi connectivity index (χ2v) is 13.5. The summed E-state index contributed by atoms with van der Waals surface area (Å²) < 4.78 is 29.3. The summed E-state index contributed by atoms with van der Waals surface area (Å²) in [6.07, 6.45) is 3.47. The van der Waals surface area contributed by atoms with Crippen LogP contribution in [-0.4, -0.2) is 155 Å². The van der Waals surface area contributed by atoms with Gasteiger partial charge < -0.3 is 75.4 Å². The Morgan fingerprint density at radius 2 is 1.91 bits per heavy atom. The summed E-state index contributed by atoms with van der Waals surface area (Å²) in [6, 6.07) is 0. The number of guanidine groups is 1. The summed E-state index contributed by atoms with van der Waals surface area (Å²) >= 11 is 0. The third kappa shape index (κ3) is 11.1. The average molecular weight is 782 g/mol. The quantitative estimate of drug-likeness (QED) is 0.0184. The molecule has 0 aromatic carbocycles. The normalized spacial score (nSPS) is 29.0. The zero-order chi connectivity index (χ0) is 40.1. The Morgan fingerprint density at radius 3 is 2.55 bits per heavy atom. The molecule has 2 fully saturated rings. The molecular formula is C36H55N5O14. The molecule has 0 amide bonds. The van der Waals surface area contributed by atoms with Crippen LogP contribution in [0.25, 0.3) is 0 Å². The van der Waals surface area contributed by atoms with Gasteiger partial charge in [0.25, 0.3) is 0 Å². The molecule has 11 N–H and O–H groups in total. The molecule has 0 radical (unpaired) electrons. The summed E-state index contributed by atoms with van der Waals surface area (Å²) in [6.45, 7) is 2.73. The van der Waals surface area contributed by atoms with E-state index in [-0.39, 0.29) is 68.5 Å². The lowest BCUT2D eigenvalue weighted by molar-refractivity contribution is -0.410. The van der Waals surface area contributed by atoms with E-state index < -0.39 is 67.1 Å². The smallest absolute Gasteiger partial charge is 0.338 e. The maximum atomic E-state index is 13.8. The van der Waals surface area contributed by atoms with E-state index in [0.717, 1.165) is 25.5 Å². The molecule has 3 aliphatic heterocycles. The fourth-order valence-corrected chi connectivity index (χ4v) is 6.73. The Bertz CT molecular complexity index is 1480. The van der Waals surface area contributed by atoms with Crippen molar-refractivity contribution in [1.82, 2.24) is 15.5 Å². The van der Waals surface area contributed by atoms with Gasteiger partial charge in [0, 0.05) is 37.4 Å². The molecule has 1 aliphatic carbocycles. The molecule has 7 atom stereocenters. The number of nitrogens with two attached hydrogens (primary N) is 1. The molecule has 55 heavy (non-hydrogen) atoms. The Hall–Kier alpha value is -3.89. The number of nitrogens with one attached hydrogen (secondary N) is 2. The molecule has 0 aromatic rings. The molecule has 4 aliphatic rings. The van der Waals surface area contributed by atoms with Gasteiger partial charge in [-0.05, 0) is 39.2 Å². The highest BCUT2D eigenvalue weighted by molar-refractivity contribution is 5.92. The third-order valence-corrected chi connectivity index (χ3v) is 9.62. The van der Waals surface area contributed by atoms with Crippen molar-refractivity contribution in [3.05, 3.63) is 59.7 Å². The number of hydrogen-bond acceptors (Lipinski definition) is 16. The number of rotatable bonds is 18. The number of aliphatic carboxylic acids is 1. The Labute approximate surface area is 319 Å². The lowest BCUT2D eigenvalue weighted by atomic mass is 9.83. The Balaban J connectivity index is 1.75. The van der Waals surface area contributed by atoms with Gasteiger partial charge >= 0.3 is 11.9 Å². The van der Waals surface area contributed by atoms with Crippen LogP contribution in [-0.2, 0) is 33.3 Å². The van der Waals surface area contributed by atoms with Gasteiger partial charge in [0.1, 0.15) is 18.3 Å². The van der Waals surface area contributed by atoms with Crippen molar-refractivity contribution in [2.45, 2.75) is 81.3 Å². The number of hydrogen-bond donors (Lipinski definition) is 10. The van der Waals surface area contributed by atoms with Gasteiger partial charge in [0.2, 0.25) is 12.1 Å². The van der Waals surface area contributed by atoms with Crippen LogP contribution in [0, 0.1) is 11.8 Å². The van der Waals surface area contributed by atoms with Crippen LogP contribution < -0.4 is 16.4 Å². The highest BCUT2D eigenvalue weighted by atomic mass is 16.8. The van der Waals surface area contributed by atoms with Gasteiger partial charge in [-0.2, -0.15) is 0 Å². The molecule has 3 heterocycles.